The van der Waals surface area contributed by atoms with Crippen LogP contribution in [0.25, 0.3) is 11.6 Å². The zero-order chi connectivity index (χ0) is 13.8. The smallest absolute Gasteiger partial charge is 0.336 e. The van der Waals surface area contributed by atoms with Crippen LogP contribution in [0.1, 0.15) is 16.7 Å². The quantitative estimate of drug-likeness (QED) is 0.670. The third kappa shape index (κ3) is 3.07. The van der Waals surface area contributed by atoms with E-state index in [2.05, 4.69) is 0 Å². The first-order chi connectivity index (χ1) is 9.08. The van der Waals surface area contributed by atoms with Crippen molar-refractivity contribution in [2.24, 2.45) is 0 Å². The topological polar surface area (TPSA) is 37.3 Å². The second kappa shape index (κ2) is 5.48. The SMILES string of the molecule is Cc1ccccc1/C(=C\c1ccc(F)cc1)C(=O)O. The number of aliphatic carboxylic acids is 1. The molecule has 0 unspecified atom stereocenters. The van der Waals surface area contributed by atoms with Gasteiger partial charge in [-0.25, -0.2) is 9.18 Å². The van der Waals surface area contributed by atoms with Gasteiger partial charge in [0.15, 0.2) is 0 Å². The maximum atomic E-state index is 12.8. The van der Waals surface area contributed by atoms with Crippen LogP contribution in [0.15, 0.2) is 48.5 Å². The van der Waals surface area contributed by atoms with E-state index in [1.54, 1.807) is 30.3 Å². The Hall–Kier alpha value is -2.42. The molecular formula is C16H13FO2. The number of hydrogen-bond acceptors (Lipinski definition) is 1. The number of carboxylic acid groups (broad SMARTS) is 1. The fourth-order valence-corrected chi connectivity index (χ4v) is 1.86. The fourth-order valence-electron chi connectivity index (χ4n) is 1.86. The van der Waals surface area contributed by atoms with Crippen molar-refractivity contribution < 1.29 is 14.3 Å². The fraction of sp³-hybridized carbons (Fsp3) is 0.0625. The van der Waals surface area contributed by atoms with Crippen molar-refractivity contribution >= 4 is 17.6 Å². The molecule has 0 amide bonds. The van der Waals surface area contributed by atoms with Gasteiger partial charge in [0.2, 0.25) is 0 Å². The second-order valence-electron chi connectivity index (χ2n) is 4.23. The van der Waals surface area contributed by atoms with Crippen molar-refractivity contribution in [3.8, 4) is 0 Å². The largest absolute Gasteiger partial charge is 0.478 e. The number of carboxylic acids is 1. The average molecular weight is 256 g/mol. The lowest BCUT2D eigenvalue weighted by Gasteiger charge is -2.06. The Balaban J connectivity index is 2.50. The highest BCUT2D eigenvalue weighted by atomic mass is 19.1. The molecule has 19 heavy (non-hydrogen) atoms. The van der Waals surface area contributed by atoms with Crippen LogP contribution in [-0.4, -0.2) is 11.1 Å². The lowest BCUT2D eigenvalue weighted by Crippen LogP contribution is -2.01. The molecule has 2 rings (SSSR count). The highest BCUT2D eigenvalue weighted by molar-refractivity contribution is 6.21. The number of hydrogen-bond donors (Lipinski definition) is 1. The number of rotatable bonds is 3. The Labute approximate surface area is 110 Å². The molecule has 0 bridgehead atoms. The predicted octanol–water partition coefficient (Wildman–Crippen LogP) is 3.76. The first-order valence-corrected chi connectivity index (χ1v) is 5.84. The van der Waals surface area contributed by atoms with Crippen molar-refractivity contribution in [1.29, 1.82) is 0 Å². The van der Waals surface area contributed by atoms with Crippen LogP contribution < -0.4 is 0 Å². The highest BCUT2D eigenvalue weighted by Gasteiger charge is 2.12. The summed E-state index contributed by atoms with van der Waals surface area (Å²) in [5.74, 6) is -1.34. The maximum Gasteiger partial charge on any atom is 0.336 e. The summed E-state index contributed by atoms with van der Waals surface area (Å²) in [7, 11) is 0. The van der Waals surface area contributed by atoms with Crippen LogP contribution in [0.4, 0.5) is 4.39 Å². The van der Waals surface area contributed by atoms with Gasteiger partial charge in [-0.2, -0.15) is 0 Å². The number of halogens is 1. The molecule has 0 atom stereocenters. The lowest BCUT2D eigenvalue weighted by molar-refractivity contribution is -0.130. The van der Waals surface area contributed by atoms with E-state index in [0.717, 1.165) is 5.56 Å². The Morgan fingerprint density at radius 1 is 1.11 bits per heavy atom. The minimum absolute atomic E-state index is 0.199. The zero-order valence-corrected chi connectivity index (χ0v) is 10.4. The van der Waals surface area contributed by atoms with Crippen molar-refractivity contribution in [2.45, 2.75) is 6.92 Å². The molecule has 0 aliphatic rings. The van der Waals surface area contributed by atoms with E-state index in [1.165, 1.54) is 12.1 Å². The van der Waals surface area contributed by atoms with E-state index < -0.39 is 5.97 Å². The van der Waals surface area contributed by atoms with Gasteiger partial charge in [0, 0.05) is 0 Å². The van der Waals surface area contributed by atoms with Gasteiger partial charge in [-0.15, -0.1) is 0 Å². The van der Waals surface area contributed by atoms with Crippen LogP contribution in [-0.2, 0) is 4.79 Å². The van der Waals surface area contributed by atoms with E-state index in [4.69, 9.17) is 0 Å². The summed E-state index contributed by atoms with van der Waals surface area (Å²) >= 11 is 0. The molecule has 0 fully saturated rings. The molecule has 0 saturated carbocycles. The lowest BCUT2D eigenvalue weighted by atomic mass is 9.98. The van der Waals surface area contributed by atoms with E-state index in [9.17, 15) is 14.3 Å². The van der Waals surface area contributed by atoms with Crippen molar-refractivity contribution in [3.05, 3.63) is 71.0 Å². The Morgan fingerprint density at radius 2 is 1.74 bits per heavy atom. The van der Waals surface area contributed by atoms with Gasteiger partial charge in [0.25, 0.3) is 0 Å². The summed E-state index contributed by atoms with van der Waals surface area (Å²) in [6.45, 7) is 1.86. The molecule has 2 nitrogen and oxygen atoms in total. The van der Waals surface area contributed by atoms with Gasteiger partial charge in [0.05, 0.1) is 5.57 Å². The van der Waals surface area contributed by atoms with Gasteiger partial charge < -0.3 is 5.11 Å². The van der Waals surface area contributed by atoms with E-state index in [1.807, 2.05) is 19.1 Å². The molecule has 96 valence electrons. The molecule has 0 heterocycles. The third-order valence-electron chi connectivity index (χ3n) is 2.85. The van der Waals surface area contributed by atoms with Crippen LogP contribution >= 0.6 is 0 Å². The van der Waals surface area contributed by atoms with E-state index in [-0.39, 0.29) is 11.4 Å². The van der Waals surface area contributed by atoms with Gasteiger partial charge >= 0.3 is 5.97 Å². The number of carbonyl (C=O) groups is 1. The second-order valence-corrected chi connectivity index (χ2v) is 4.23. The van der Waals surface area contributed by atoms with Crippen LogP contribution in [0.5, 0.6) is 0 Å². The van der Waals surface area contributed by atoms with E-state index in [0.29, 0.717) is 11.1 Å². The first-order valence-electron chi connectivity index (χ1n) is 5.84. The van der Waals surface area contributed by atoms with Gasteiger partial charge in [-0.05, 0) is 41.8 Å². The van der Waals surface area contributed by atoms with Gasteiger partial charge in [-0.1, -0.05) is 36.4 Å². The third-order valence-corrected chi connectivity index (χ3v) is 2.85. The average Bonchev–Trinajstić information content (AvgIpc) is 2.39. The molecule has 0 saturated heterocycles. The zero-order valence-electron chi connectivity index (χ0n) is 10.4. The maximum absolute atomic E-state index is 12.8. The Morgan fingerprint density at radius 3 is 2.32 bits per heavy atom. The van der Waals surface area contributed by atoms with E-state index >= 15 is 0 Å². The molecular weight excluding hydrogens is 243 g/mol. The molecule has 2 aromatic carbocycles. The summed E-state index contributed by atoms with van der Waals surface area (Å²) in [5.41, 5.74) is 2.41. The minimum atomic E-state index is -1.00. The monoisotopic (exact) mass is 256 g/mol. The van der Waals surface area contributed by atoms with Gasteiger partial charge in [0.1, 0.15) is 5.82 Å². The Bertz CT molecular complexity index is 627. The van der Waals surface area contributed by atoms with Crippen molar-refractivity contribution in [3.63, 3.8) is 0 Å². The van der Waals surface area contributed by atoms with Crippen LogP contribution in [0.2, 0.25) is 0 Å². The summed E-state index contributed by atoms with van der Waals surface area (Å²) in [4.78, 5) is 11.4. The first kappa shape index (κ1) is 13.0. The summed E-state index contributed by atoms with van der Waals surface area (Å²) in [6, 6.07) is 13.0. The Kier molecular flexibility index (Phi) is 3.76. The highest BCUT2D eigenvalue weighted by Crippen LogP contribution is 2.22. The molecule has 0 radical (unpaired) electrons. The van der Waals surface area contributed by atoms with Crippen molar-refractivity contribution in [2.75, 3.05) is 0 Å². The molecule has 0 aromatic heterocycles. The predicted molar refractivity (Wildman–Crippen MR) is 73.1 cm³/mol. The molecule has 0 spiro atoms. The normalized spacial score (nSPS) is 11.4. The summed E-state index contributed by atoms with van der Waals surface area (Å²) in [6.07, 6.45) is 1.55. The number of aryl methyl sites for hydroxylation is 1. The molecule has 1 N–H and O–H groups in total. The molecule has 0 aliphatic carbocycles. The van der Waals surface area contributed by atoms with Crippen LogP contribution in [0.3, 0.4) is 0 Å². The minimum Gasteiger partial charge on any atom is -0.478 e. The molecule has 0 aliphatic heterocycles. The summed E-state index contributed by atoms with van der Waals surface area (Å²) < 4.78 is 12.8. The summed E-state index contributed by atoms with van der Waals surface area (Å²) in [5, 5.41) is 9.32. The van der Waals surface area contributed by atoms with Crippen LogP contribution in [0, 0.1) is 12.7 Å². The standard InChI is InChI=1S/C16H13FO2/c1-11-4-2-3-5-14(11)15(16(18)19)10-12-6-8-13(17)9-7-12/h2-10H,1H3,(H,18,19)/b15-10+. The number of benzene rings is 2. The van der Waals surface area contributed by atoms with Gasteiger partial charge in [-0.3, -0.25) is 0 Å². The van der Waals surface area contributed by atoms with Crippen molar-refractivity contribution in [1.82, 2.24) is 0 Å². The molecule has 3 heteroatoms. The molecule has 2 aromatic rings.